The number of aryl methyl sites for hydroxylation is 1. The maximum absolute atomic E-state index is 13.7. The Morgan fingerprint density at radius 3 is 2.64 bits per heavy atom. The van der Waals surface area contributed by atoms with Crippen molar-refractivity contribution in [3.63, 3.8) is 0 Å². The molecule has 1 N–H and O–H groups in total. The van der Waals surface area contributed by atoms with Crippen LogP contribution in [0.5, 0.6) is 0 Å². The average molecular weight is 303 g/mol. The first-order valence-electron chi connectivity index (χ1n) is 7.63. The molecule has 1 heterocycles. The summed E-state index contributed by atoms with van der Waals surface area (Å²) in [5, 5.41) is 7.20. The fourth-order valence-corrected chi connectivity index (χ4v) is 2.41. The molecule has 0 aliphatic rings. The average Bonchev–Trinajstić information content (AvgIpc) is 2.82. The Morgan fingerprint density at radius 1 is 1.32 bits per heavy atom. The van der Waals surface area contributed by atoms with Gasteiger partial charge >= 0.3 is 0 Å². The van der Waals surface area contributed by atoms with Gasteiger partial charge in [-0.15, -0.1) is 0 Å². The van der Waals surface area contributed by atoms with E-state index in [1.165, 1.54) is 6.07 Å². The first-order chi connectivity index (χ1) is 10.5. The van der Waals surface area contributed by atoms with Crippen LogP contribution in [0.3, 0.4) is 0 Å². The normalized spacial score (nSPS) is 11.0. The van der Waals surface area contributed by atoms with E-state index in [9.17, 15) is 9.18 Å². The second-order valence-corrected chi connectivity index (χ2v) is 5.42. The second kappa shape index (κ2) is 7.20. The summed E-state index contributed by atoms with van der Waals surface area (Å²) in [5.74, 6) is 0.253. The number of carbonyl (C=O) groups is 1. The molecule has 2 aromatic rings. The molecule has 0 unspecified atom stereocenters. The predicted octanol–water partition coefficient (Wildman–Crippen LogP) is 3.75. The molecule has 0 aliphatic heterocycles. The third kappa shape index (κ3) is 3.72. The van der Waals surface area contributed by atoms with Crippen LogP contribution in [-0.2, 0) is 11.3 Å². The number of hydrogen-bond donors (Lipinski definition) is 1. The van der Waals surface area contributed by atoms with Crippen LogP contribution in [0, 0.1) is 18.7 Å². The fraction of sp³-hybridized carbons (Fsp3) is 0.412. The van der Waals surface area contributed by atoms with E-state index in [0.717, 1.165) is 18.5 Å². The lowest BCUT2D eigenvalue weighted by molar-refractivity contribution is -0.120. The van der Waals surface area contributed by atoms with E-state index in [1.54, 1.807) is 28.9 Å². The molecular weight excluding hydrogens is 281 g/mol. The van der Waals surface area contributed by atoms with E-state index < -0.39 is 0 Å². The van der Waals surface area contributed by atoms with Crippen LogP contribution in [0.1, 0.15) is 37.9 Å². The highest BCUT2D eigenvalue weighted by atomic mass is 19.1. The number of halogens is 1. The van der Waals surface area contributed by atoms with Gasteiger partial charge in [-0.05, 0) is 25.8 Å². The molecule has 5 heteroatoms. The number of rotatable bonds is 6. The molecule has 1 aromatic heterocycles. The number of hydrogen-bond acceptors (Lipinski definition) is 2. The van der Waals surface area contributed by atoms with Crippen molar-refractivity contribution in [3.8, 4) is 0 Å². The Kier molecular flexibility index (Phi) is 5.31. The number of benzene rings is 1. The summed E-state index contributed by atoms with van der Waals surface area (Å²) in [6.45, 7) is 6.23. The van der Waals surface area contributed by atoms with Gasteiger partial charge < -0.3 is 5.32 Å². The van der Waals surface area contributed by atoms with Crippen LogP contribution < -0.4 is 5.32 Å². The Labute approximate surface area is 130 Å². The van der Waals surface area contributed by atoms with Crippen molar-refractivity contribution in [2.45, 2.75) is 40.2 Å². The molecule has 0 aliphatic carbocycles. The van der Waals surface area contributed by atoms with Crippen LogP contribution in [0.25, 0.3) is 0 Å². The summed E-state index contributed by atoms with van der Waals surface area (Å²) < 4.78 is 15.4. The van der Waals surface area contributed by atoms with Gasteiger partial charge in [-0.3, -0.25) is 9.48 Å². The lowest BCUT2D eigenvalue weighted by Crippen LogP contribution is -2.22. The molecule has 22 heavy (non-hydrogen) atoms. The largest absolute Gasteiger partial charge is 0.309 e. The summed E-state index contributed by atoms with van der Waals surface area (Å²) in [7, 11) is 0. The number of carbonyl (C=O) groups excluding carboxylic acids is 1. The number of nitrogens with zero attached hydrogens (tertiary/aromatic N) is 2. The first-order valence-corrected chi connectivity index (χ1v) is 7.63. The van der Waals surface area contributed by atoms with Crippen molar-refractivity contribution in [3.05, 3.63) is 47.4 Å². The topological polar surface area (TPSA) is 46.9 Å². The van der Waals surface area contributed by atoms with Gasteiger partial charge in [0.15, 0.2) is 5.82 Å². The van der Waals surface area contributed by atoms with Gasteiger partial charge in [-0.25, -0.2) is 4.39 Å². The molecule has 2 rings (SSSR count). The molecule has 0 saturated heterocycles. The molecule has 1 aromatic carbocycles. The molecule has 4 nitrogen and oxygen atoms in total. The summed E-state index contributed by atoms with van der Waals surface area (Å²) in [6.07, 6.45) is 1.61. The molecule has 0 bridgehead atoms. The van der Waals surface area contributed by atoms with Gasteiger partial charge in [0.05, 0.1) is 6.54 Å². The van der Waals surface area contributed by atoms with Gasteiger partial charge in [-0.2, -0.15) is 5.10 Å². The minimum Gasteiger partial charge on any atom is -0.309 e. The van der Waals surface area contributed by atoms with Crippen molar-refractivity contribution in [2.24, 2.45) is 5.92 Å². The summed E-state index contributed by atoms with van der Waals surface area (Å²) >= 11 is 0. The van der Waals surface area contributed by atoms with Crippen LogP contribution in [-0.4, -0.2) is 15.7 Å². The van der Waals surface area contributed by atoms with Gasteiger partial charge in [0.25, 0.3) is 0 Å². The zero-order chi connectivity index (χ0) is 16.1. The maximum atomic E-state index is 13.7. The van der Waals surface area contributed by atoms with Gasteiger partial charge in [-0.1, -0.05) is 32.0 Å². The zero-order valence-corrected chi connectivity index (χ0v) is 13.3. The summed E-state index contributed by atoms with van der Waals surface area (Å²) in [4.78, 5) is 12.1. The van der Waals surface area contributed by atoms with Crippen LogP contribution in [0.4, 0.5) is 10.2 Å². The van der Waals surface area contributed by atoms with Crippen molar-refractivity contribution in [2.75, 3.05) is 5.32 Å². The molecular formula is C17H22FN3O. The number of anilines is 1. The van der Waals surface area contributed by atoms with E-state index in [0.29, 0.717) is 17.9 Å². The molecule has 0 saturated carbocycles. The number of amides is 1. The minimum atomic E-state index is -0.250. The third-order valence-corrected chi connectivity index (χ3v) is 3.87. The monoisotopic (exact) mass is 303 g/mol. The SMILES string of the molecule is CCC(CC)C(=O)Nc1cc(C)n(Cc2ccccc2F)n1. The highest BCUT2D eigenvalue weighted by Gasteiger charge is 2.16. The highest BCUT2D eigenvalue weighted by molar-refractivity contribution is 5.91. The van der Waals surface area contributed by atoms with Crippen LogP contribution in [0.2, 0.25) is 0 Å². The Morgan fingerprint density at radius 2 is 2.00 bits per heavy atom. The molecule has 0 spiro atoms. The van der Waals surface area contributed by atoms with Crippen molar-refractivity contribution < 1.29 is 9.18 Å². The maximum Gasteiger partial charge on any atom is 0.228 e. The second-order valence-electron chi connectivity index (χ2n) is 5.42. The molecule has 0 atom stereocenters. The smallest absolute Gasteiger partial charge is 0.228 e. The van der Waals surface area contributed by atoms with Crippen molar-refractivity contribution in [1.29, 1.82) is 0 Å². The van der Waals surface area contributed by atoms with Gasteiger partial charge in [0.2, 0.25) is 5.91 Å². The first kappa shape index (κ1) is 16.2. The molecule has 0 radical (unpaired) electrons. The standard InChI is InChI=1S/C17H22FN3O/c1-4-13(5-2)17(22)19-16-10-12(3)21(20-16)11-14-8-6-7-9-15(14)18/h6-10,13H,4-5,11H2,1-3H3,(H,19,20,22). The highest BCUT2D eigenvalue weighted by Crippen LogP contribution is 2.15. The van der Waals surface area contributed by atoms with Gasteiger partial charge in [0, 0.05) is 23.2 Å². The summed E-state index contributed by atoms with van der Waals surface area (Å²) in [6, 6.07) is 8.44. The van der Waals surface area contributed by atoms with E-state index in [4.69, 9.17) is 0 Å². The van der Waals surface area contributed by atoms with E-state index in [2.05, 4.69) is 10.4 Å². The molecule has 1 amide bonds. The lowest BCUT2D eigenvalue weighted by Gasteiger charge is -2.10. The van der Waals surface area contributed by atoms with Crippen molar-refractivity contribution >= 4 is 11.7 Å². The molecule has 0 fully saturated rings. The molecule has 118 valence electrons. The Balaban J connectivity index is 2.12. The number of nitrogens with one attached hydrogen (secondary N) is 1. The Bertz CT molecular complexity index is 647. The van der Waals surface area contributed by atoms with E-state index in [-0.39, 0.29) is 17.6 Å². The predicted molar refractivity (Wildman–Crippen MR) is 85.2 cm³/mol. The quantitative estimate of drug-likeness (QED) is 0.883. The van der Waals surface area contributed by atoms with Crippen molar-refractivity contribution in [1.82, 2.24) is 9.78 Å². The number of aromatic nitrogens is 2. The fourth-order valence-electron chi connectivity index (χ4n) is 2.41. The van der Waals surface area contributed by atoms with E-state index >= 15 is 0 Å². The van der Waals surface area contributed by atoms with E-state index in [1.807, 2.05) is 20.8 Å². The minimum absolute atomic E-state index is 0.00276. The van der Waals surface area contributed by atoms with Crippen LogP contribution in [0.15, 0.2) is 30.3 Å². The van der Waals surface area contributed by atoms with Crippen LogP contribution >= 0.6 is 0 Å². The lowest BCUT2D eigenvalue weighted by atomic mass is 10.0. The van der Waals surface area contributed by atoms with Gasteiger partial charge in [0.1, 0.15) is 5.82 Å². The third-order valence-electron chi connectivity index (χ3n) is 3.87. The summed E-state index contributed by atoms with van der Waals surface area (Å²) in [5.41, 5.74) is 1.45. The Hall–Kier alpha value is -2.17. The zero-order valence-electron chi connectivity index (χ0n) is 13.3.